The summed E-state index contributed by atoms with van der Waals surface area (Å²) in [5.74, 6) is -9.21. The van der Waals surface area contributed by atoms with Gasteiger partial charge in [0.25, 0.3) is 6.47 Å². The summed E-state index contributed by atoms with van der Waals surface area (Å²) >= 11 is 3.84. The Balaban J connectivity index is 2.20. The summed E-state index contributed by atoms with van der Waals surface area (Å²) in [7, 11) is 0. The van der Waals surface area contributed by atoms with Gasteiger partial charge in [0.1, 0.15) is 18.1 Å². The topological polar surface area (TPSA) is 431 Å². The maximum Gasteiger partial charge on any atom is 0.327 e. The summed E-state index contributed by atoms with van der Waals surface area (Å²) in [6, 6.07) is 0.918. The third-order valence-corrected chi connectivity index (χ3v) is 10.5. The number of nitrogens with two attached hydrogens (primary N) is 1. The fourth-order valence-corrected chi connectivity index (χ4v) is 6.42. The highest BCUT2D eigenvalue weighted by molar-refractivity contribution is 7.80. The Labute approximate surface area is 443 Å². The molecule has 428 valence electrons. The average Bonchev–Trinajstić information content (AvgIpc) is 3.37. The lowest BCUT2D eigenvalue weighted by Gasteiger charge is -2.22. The number of hydrogen-bond donors (Lipinski definition) is 12. The predicted molar refractivity (Wildman–Crippen MR) is 265 cm³/mol. The van der Waals surface area contributed by atoms with Crippen molar-refractivity contribution in [2.75, 3.05) is 91.6 Å². The maximum atomic E-state index is 13.3. The molecule has 1 unspecified atom stereocenters. The van der Waals surface area contributed by atoms with E-state index in [2.05, 4.69) is 49.3 Å². The van der Waals surface area contributed by atoms with E-state index in [1.807, 2.05) is 0 Å². The van der Waals surface area contributed by atoms with E-state index in [0.29, 0.717) is 33.0 Å². The molecule has 0 aliphatic heterocycles. The lowest BCUT2D eigenvalue weighted by atomic mass is 9.97. The second-order valence-corrected chi connectivity index (χ2v) is 16.5. The molecule has 6 amide bonds. The molecule has 29 nitrogen and oxygen atoms in total. The van der Waals surface area contributed by atoms with E-state index in [1.54, 1.807) is 30.3 Å². The van der Waals surface area contributed by atoms with Crippen molar-refractivity contribution in [3.8, 4) is 0 Å². The van der Waals surface area contributed by atoms with E-state index in [0.717, 1.165) is 5.56 Å². The fourth-order valence-electron chi connectivity index (χ4n) is 6.18. The minimum Gasteiger partial charge on any atom is -0.481 e. The van der Waals surface area contributed by atoms with Crippen molar-refractivity contribution < 1.29 is 106 Å². The normalized spacial score (nSPS) is 13.3. The highest BCUT2D eigenvalue weighted by atomic mass is 32.1. The molecule has 12 N–H and O–H groups in total. The van der Waals surface area contributed by atoms with Crippen LogP contribution < -0.4 is 37.6 Å². The van der Waals surface area contributed by atoms with Gasteiger partial charge in [-0.05, 0) is 24.8 Å². The van der Waals surface area contributed by atoms with Crippen molar-refractivity contribution >= 4 is 78.4 Å². The summed E-state index contributed by atoms with van der Waals surface area (Å²) < 4.78 is 37.3. The third kappa shape index (κ3) is 34.1. The zero-order valence-electron chi connectivity index (χ0n) is 41.9. The van der Waals surface area contributed by atoms with Crippen LogP contribution >= 0.6 is 12.6 Å². The predicted octanol–water partition coefficient (Wildman–Crippen LogP) is -2.65. The number of carbonyl (C=O) groups is 11. The number of carboxylic acid groups (broad SMARTS) is 4. The number of hydrogen-bond acceptors (Lipinski definition) is 20. The molecule has 0 fully saturated rings. The standard InChI is InChI=1S/C46H71N7O22S/c47-31(42(62)50-34(27-41(60)61)43(63)51-35(28-76)45(66)67)6-8-36(55)33(26-30-4-2-1-3-5-30)49-38(57)12-14-69-16-18-71-20-22-73-24-25-74-23-21-72-19-17-70-15-13-48-37(56)9-7-32(44(64)65)52-46(68)53-39(75-29-54)10-11-40(58)59/h1-5,29,31-35,39,76H,6-28,47H2,(H,48,56)(H,49,57)(H,50,62)(H,51,63)(H,58,59)(H,60,61)(H,64,65)(H,66,67)(H2,52,53,68)/t31-,32-,33?,34-,35-,39+/m0/s1. The van der Waals surface area contributed by atoms with E-state index in [9.17, 15) is 68.1 Å². The van der Waals surface area contributed by atoms with Crippen LogP contribution in [0.2, 0.25) is 0 Å². The molecule has 0 aromatic heterocycles. The molecule has 0 saturated heterocycles. The van der Waals surface area contributed by atoms with Gasteiger partial charge in [-0.2, -0.15) is 12.6 Å². The Morgan fingerprint density at radius 2 is 1.08 bits per heavy atom. The van der Waals surface area contributed by atoms with E-state index in [-0.39, 0.29) is 110 Å². The number of benzene rings is 1. The molecule has 0 heterocycles. The molecule has 0 aliphatic rings. The zero-order valence-corrected chi connectivity index (χ0v) is 42.7. The number of ketones is 1. The number of carboxylic acids is 4. The van der Waals surface area contributed by atoms with Crippen LogP contribution in [0.15, 0.2) is 30.3 Å². The van der Waals surface area contributed by atoms with Crippen LogP contribution in [0.1, 0.15) is 56.9 Å². The lowest BCUT2D eigenvalue weighted by molar-refractivity contribution is -0.143. The molecule has 1 aromatic carbocycles. The molecule has 0 aliphatic carbocycles. The average molecular weight is 1110 g/mol. The van der Waals surface area contributed by atoms with Gasteiger partial charge >= 0.3 is 29.9 Å². The monoisotopic (exact) mass is 1110 g/mol. The quantitative estimate of drug-likeness (QED) is 0.0137. The number of Topliss-reactive ketones (excluding diaryl/α,β-unsaturated/α-hetero) is 1. The van der Waals surface area contributed by atoms with Gasteiger partial charge in [0.05, 0.1) is 104 Å². The summed E-state index contributed by atoms with van der Waals surface area (Å²) in [4.78, 5) is 131. The number of thiol groups is 1. The summed E-state index contributed by atoms with van der Waals surface area (Å²) in [5, 5.41) is 50.4. The lowest BCUT2D eigenvalue weighted by Crippen LogP contribution is -2.55. The van der Waals surface area contributed by atoms with E-state index in [4.69, 9.17) is 39.3 Å². The summed E-state index contributed by atoms with van der Waals surface area (Å²) in [5.41, 5.74) is 6.73. The number of aliphatic carboxylic acids is 4. The molecule has 76 heavy (non-hydrogen) atoms. The van der Waals surface area contributed by atoms with Gasteiger partial charge in [-0.1, -0.05) is 30.3 Å². The minimum atomic E-state index is -1.66. The van der Waals surface area contributed by atoms with Crippen molar-refractivity contribution in [2.45, 2.75) is 94.2 Å². The van der Waals surface area contributed by atoms with Crippen molar-refractivity contribution in [1.82, 2.24) is 31.9 Å². The molecule has 1 rings (SSSR count). The summed E-state index contributed by atoms with van der Waals surface area (Å²) in [6.07, 6.45) is -3.77. The van der Waals surface area contributed by atoms with Crippen molar-refractivity contribution in [3.63, 3.8) is 0 Å². The van der Waals surface area contributed by atoms with Gasteiger partial charge in [0.15, 0.2) is 12.0 Å². The van der Waals surface area contributed by atoms with Crippen LogP contribution in [0.25, 0.3) is 0 Å². The molecule has 1 aromatic rings. The molecule has 0 saturated carbocycles. The number of rotatable bonds is 47. The smallest absolute Gasteiger partial charge is 0.327 e. The molecule has 0 radical (unpaired) electrons. The largest absolute Gasteiger partial charge is 0.481 e. The van der Waals surface area contributed by atoms with Gasteiger partial charge in [-0.15, -0.1) is 0 Å². The highest BCUT2D eigenvalue weighted by Crippen LogP contribution is 2.10. The molecule has 30 heteroatoms. The van der Waals surface area contributed by atoms with Crippen LogP contribution in [0, 0.1) is 0 Å². The molecule has 0 spiro atoms. The van der Waals surface area contributed by atoms with Crippen LogP contribution in [0.4, 0.5) is 4.79 Å². The second kappa shape index (κ2) is 41.7. The van der Waals surface area contributed by atoms with E-state index in [1.165, 1.54) is 0 Å². The van der Waals surface area contributed by atoms with Gasteiger partial charge in [0, 0.05) is 38.0 Å². The Morgan fingerprint density at radius 1 is 0.539 bits per heavy atom. The SMILES string of the molecule is N[C@@H](CCC(=O)C(Cc1ccccc1)NC(=O)CCOCCOCCOCCOCCOCCOCCNC(=O)CC[C@H](NC(=O)N[C@@H](CCC(=O)O)OC=O)C(=O)O)C(=O)N[C@@H](CC(=O)O)C(=O)N[C@@H](CS)C(=O)O. The van der Waals surface area contributed by atoms with E-state index < -0.39 is 109 Å². The van der Waals surface area contributed by atoms with Crippen LogP contribution in [0.5, 0.6) is 0 Å². The first-order valence-electron chi connectivity index (χ1n) is 24.0. The van der Waals surface area contributed by atoms with Crippen LogP contribution in [0.3, 0.4) is 0 Å². The van der Waals surface area contributed by atoms with Crippen molar-refractivity contribution in [2.24, 2.45) is 5.73 Å². The third-order valence-electron chi connectivity index (χ3n) is 10.2. The number of urea groups is 1. The molecule has 0 bridgehead atoms. The van der Waals surface area contributed by atoms with Crippen LogP contribution in [-0.4, -0.2) is 214 Å². The fraction of sp³-hybridized carbons (Fsp3) is 0.630. The van der Waals surface area contributed by atoms with Crippen molar-refractivity contribution in [1.29, 1.82) is 0 Å². The second-order valence-electron chi connectivity index (χ2n) is 16.1. The maximum absolute atomic E-state index is 13.3. The van der Waals surface area contributed by atoms with Gasteiger partial charge in [0.2, 0.25) is 23.6 Å². The first kappa shape index (κ1) is 67.5. The Morgan fingerprint density at radius 3 is 1.59 bits per heavy atom. The van der Waals surface area contributed by atoms with Crippen LogP contribution in [-0.2, 0) is 87.5 Å². The van der Waals surface area contributed by atoms with Gasteiger partial charge in [-0.3, -0.25) is 38.4 Å². The Kier molecular flexibility index (Phi) is 37.0. The zero-order chi connectivity index (χ0) is 56.5. The number of ether oxygens (including phenoxy) is 7. The highest BCUT2D eigenvalue weighted by Gasteiger charge is 2.30. The first-order chi connectivity index (χ1) is 36.4. The Hall–Kier alpha value is -6.54. The number of amides is 6. The van der Waals surface area contributed by atoms with Gasteiger partial charge < -0.3 is 91.2 Å². The number of nitrogens with one attached hydrogen (secondary N) is 6. The number of carbonyl (C=O) groups excluding carboxylic acids is 7. The minimum absolute atomic E-state index is 0.0101. The van der Waals surface area contributed by atoms with Gasteiger partial charge in [-0.25, -0.2) is 14.4 Å². The Bertz CT molecular complexity index is 1960. The summed E-state index contributed by atoms with van der Waals surface area (Å²) in [6.45, 7) is 3.00. The first-order valence-corrected chi connectivity index (χ1v) is 24.6. The molecule has 6 atom stereocenters. The molecular formula is C46H71N7O22S. The van der Waals surface area contributed by atoms with E-state index >= 15 is 0 Å². The molecular weight excluding hydrogens is 1030 g/mol. The van der Waals surface area contributed by atoms with Crippen molar-refractivity contribution in [3.05, 3.63) is 35.9 Å².